The van der Waals surface area contributed by atoms with E-state index in [1.807, 2.05) is 6.92 Å². The summed E-state index contributed by atoms with van der Waals surface area (Å²) < 4.78 is 27.4. The molecule has 1 aliphatic rings. The van der Waals surface area contributed by atoms with Crippen molar-refractivity contribution in [3.8, 4) is 0 Å². The fourth-order valence-corrected chi connectivity index (χ4v) is 4.73. The Morgan fingerprint density at radius 2 is 2.17 bits per heavy atom. The molecule has 24 heavy (non-hydrogen) atoms. The average Bonchev–Trinajstić information content (AvgIpc) is 2.97. The second-order valence-corrected chi connectivity index (χ2v) is 8.25. The third-order valence-corrected chi connectivity index (χ3v) is 6.42. The fraction of sp³-hybridized carbons (Fsp3) is 0.400. The van der Waals surface area contributed by atoms with Crippen molar-refractivity contribution < 1.29 is 13.3 Å². The minimum atomic E-state index is -3.80. The lowest BCUT2D eigenvalue weighted by atomic mass is 9.90. The lowest BCUT2D eigenvalue weighted by molar-refractivity contribution is -0.383. The zero-order valence-corrected chi connectivity index (χ0v) is 14.0. The standard InChI is InChI=1S/C15H18N4O4S/c1-15(9-16)6-8-18(10-15)24(22,23)13-5-4-12(19(20)21)11-3-2-7-17-14(11)13/h2-5,7H,6,8-10,16H2,1H3. The highest BCUT2D eigenvalue weighted by Crippen LogP contribution is 2.35. The van der Waals surface area contributed by atoms with Gasteiger partial charge in [0, 0.05) is 25.4 Å². The Balaban J connectivity index is 2.13. The van der Waals surface area contributed by atoms with Gasteiger partial charge in [-0.25, -0.2) is 8.42 Å². The van der Waals surface area contributed by atoms with Gasteiger partial charge in [-0.3, -0.25) is 15.1 Å². The lowest BCUT2D eigenvalue weighted by Gasteiger charge is -2.22. The summed E-state index contributed by atoms with van der Waals surface area (Å²) in [6.07, 6.45) is 2.11. The maximum Gasteiger partial charge on any atom is 0.278 e. The van der Waals surface area contributed by atoms with Gasteiger partial charge in [0.05, 0.1) is 15.8 Å². The molecule has 1 aromatic carbocycles. The molecule has 2 aromatic rings. The zero-order valence-electron chi connectivity index (χ0n) is 13.2. The minimum Gasteiger partial charge on any atom is -0.330 e. The molecule has 128 valence electrons. The number of hydrogen-bond donors (Lipinski definition) is 1. The maximum atomic E-state index is 13.0. The number of nitrogens with two attached hydrogens (primary N) is 1. The van der Waals surface area contributed by atoms with Gasteiger partial charge in [0.2, 0.25) is 10.0 Å². The van der Waals surface area contributed by atoms with E-state index in [0.717, 1.165) is 0 Å². The van der Waals surface area contributed by atoms with Gasteiger partial charge < -0.3 is 5.73 Å². The summed E-state index contributed by atoms with van der Waals surface area (Å²) in [6.45, 7) is 3.06. The molecule has 1 fully saturated rings. The van der Waals surface area contributed by atoms with Gasteiger partial charge in [0.15, 0.2) is 0 Å². The summed E-state index contributed by atoms with van der Waals surface area (Å²) >= 11 is 0. The maximum absolute atomic E-state index is 13.0. The third-order valence-electron chi connectivity index (χ3n) is 4.54. The summed E-state index contributed by atoms with van der Waals surface area (Å²) in [4.78, 5) is 14.7. The highest BCUT2D eigenvalue weighted by molar-refractivity contribution is 7.89. The van der Waals surface area contributed by atoms with Crippen molar-refractivity contribution in [2.45, 2.75) is 18.2 Å². The van der Waals surface area contributed by atoms with Crippen molar-refractivity contribution in [3.05, 3.63) is 40.6 Å². The first kappa shape index (κ1) is 16.7. The number of fused-ring (bicyclic) bond motifs is 1. The molecule has 1 aliphatic heterocycles. The second-order valence-electron chi connectivity index (χ2n) is 6.34. The van der Waals surface area contributed by atoms with Crippen LogP contribution in [0.2, 0.25) is 0 Å². The molecular formula is C15H18N4O4S. The molecule has 8 nitrogen and oxygen atoms in total. The van der Waals surface area contributed by atoms with E-state index in [2.05, 4.69) is 4.98 Å². The summed E-state index contributed by atoms with van der Waals surface area (Å²) in [7, 11) is -3.80. The van der Waals surface area contributed by atoms with Gasteiger partial charge in [-0.1, -0.05) is 6.92 Å². The van der Waals surface area contributed by atoms with E-state index in [1.54, 1.807) is 6.07 Å². The molecule has 1 aromatic heterocycles. The molecule has 1 saturated heterocycles. The van der Waals surface area contributed by atoms with E-state index < -0.39 is 14.9 Å². The number of non-ortho nitro benzene ring substituents is 1. The number of nitrogens with zero attached hydrogens (tertiary/aromatic N) is 3. The highest BCUT2D eigenvalue weighted by Gasteiger charge is 2.40. The number of benzene rings is 1. The van der Waals surface area contributed by atoms with Crippen LogP contribution in [0.15, 0.2) is 35.4 Å². The molecule has 0 radical (unpaired) electrons. The quantitative estimate of drug-likeness (QED) is 0.659. The molecule has 0 aliphatic carbocycles. The first-order valence-corrected chi connectivity index (χ1v) is 8.95. The van der Waals surface area contributed by atoms with E-state index in [0.29, 0.717) is 26.1 Å². The number of aromatic nitrogens is 1. The van der Waals surface area contributed by atoms with Crippen LogP contribution >= 0.6 is 0 Å². The van der Waals surface area contributed by atoms with E-state index in [-0.39, 0.29) is 26.9 Å². The number of nitro groups is 1. The topological polar surface area (TPSA) is 119 Å². The van der Waals surface area contributed by atoms with Crippen LogP contribution in [-0.4, -0.2) is 42.3 Å². The van der Waals surface area contributed by atoms with Crippen molar-refractivity contribution in [1.29, 1.82) is 0 Å². The van der Waals surface area contributed by atoms with Gasteiger partial charge in [-0.05, 0) is 36.6 Å². The van der Waals surface area contributed by atoms with Crippen LogP contribution in [0.25, 0.3) is 10.9 Å². The van der Waals surface area contributed by atoms with Crippen LogP contribution in [0.5, 0.6) is 0 Å². The molecule has 1 atom stereocenters. The molecule has 3 rings (SSSR count). The Kier molecular flexibility index (Phi) is 4.02. The first-order valence-electron chi connectivity index (χ1n) is 7.51. The molecule has 0 saturated carbocycles. The van der Waals surface area contributed by atoms with Crippen molar-refractivity contribution >= 4 is 26.6 Å². The van der Waals surface area contributed by atoms with Crippen molar-refractivity contribution in [1.82, 2.24) is 9.29 Å². The van der Waals surface area contributed by atoms with E-state index in [9.17, 15) is 18.5 Å². The van der Waals surface area contributed by atoms with Crippen molar-refractivity contribution in [3.63, 3.8) is 0 Å². The van der Waals surface area contributed by atoms with Crippen LogP contribution < -0.4 is 5.73 Å². The van der Waals surface area contributed by atoms with Gasteiger partial charge in [0.1, 0.15) is 4.90 Å². The Morgan fingerprint density at radius 3 is 2.79 bits per heavy atom. The largest absolute Gasteiger partial charge is 0.330 e. The van der Waals surface area contributed by atoms with Crippen LogP contribution in [0.4, 0.5) is 5.69 Å². The Bertz CT molecular complexity index is 915. The van der Waals surface area contributed by atoms with Gasteiger partial charge in [0.25, 0.3) is 5.69 Å². The molecule has 0 amide bonds. The second kappa shape index (κ2) is 5.76. The van der Waals surface area contributed by atoms with Gasteiger partial charge in [-0.15, -0.1) is 0 Å². The van der Waals surface area contributed by atoms with E-state index in [1.165, 1.54) is 28.7 Å². The summed E-state index contributed by atoms with van der Waals surface area (Å²) in [5.74, 6) is 0. The Labute approximate surface area is 139 Å². The number of rotatable bonds is 4. The van der Waals surface area contributed by atoms with Crippen LogP contribution in [-0.2, 0) is 10.0 Å². The molecular weight excluding hydrogens is 332 g/mol. The number of hydrogen-bond acceptors (Lipinski definition) is 6. The average molecular weight is 350 g/mol. The first-order chi connectivity index (χ1) is 11.3. The number of nitro benzene ring substituents is 1. The Hall–Kier alpha value is -2.10. The van der Waals surface area contributed by atoms with Gasteiger partial charge >= 0.3 is 0 Å². The molecule has 1 unspecified atom stereocenters. The predicted octanol–water partition coefficient (Wildman–Crippen LogP) is 1.50. The third kappa shape index (κ3) is 2.64. The summed E-state index contributed by atoms with van der Waals surface area (Å²) in [5.41, 5.74) is 5.45. The minimum absolute atomic E-state index is 0.00929. The fourth-order valence-electron chi connectivity index (χ4n) is 2.99. The summed E-state index contributed by atoms with van der Waals surface area (Å²) in [5, 5.41) is 11.4. The summed E-state index contributed by atoms with van der Waals surface area (Å²) in [6, 6.07) is 5.54. The number of pyridine rings is 1. The van der Waals surface area contributed by atoms with Crippen LogP contribution in [0, 0.1) is 15.5 Å². The monoisotopic (exact) mass is 350 g/mol. The van der Waals surface area contributed by atoms with Crippen LogP contribution in [0.1, 0.15) is 13.3 Å². The molecule has 2 heterocycles. The number of sulfonamides is 1. The van der Waals surface area contributed by atoms with E-state index >= 15 is 0 Å². The molecule has 0 bridgehead atoms. The molecule has 2 N–H and O–H groups in total. The van der Waals surface area contributed by atoms with Crippen LogP contribution in [0.3, 0.4) is 0 Å². The normalized spacial score (nSPS) is 22.1. The molecule has 0 spiro atoms. The lowest BCUT2D eigenvalue weighted by Crippen LogP contribution is -2.34. The van der Waals surface area contributed by atoms with Crippen molar-refractivity contribution in [2.75, 3.05) is 19.6 Å². The SMILES string of the molecule is CC1(CN)CCN(S(=O)(=O)c2ccc([N+](=O)[O-])c3cccnc23)C1. The van der Waals surface area contributed by atoms with Crippen molar-refractivity contribution in [2.24, 2.45) is 11.1 Å². The smallest absolute Gasteiger partial charge is 0.278 e. The Morgan fingerprint density at radius 1 is 1.42 bits per heavy atom. The van der Waals surface area contributed by atoms with Gasteiger partial charge in [-0.2, -0.15) is 4.31 Å². The zero-order chi connectivity index (χ0) is 17.5. The predicted molar refractivity (Wildman–Crippen MR) is 88.9 cm³/mol. The van der Waals surface area contributed by atoms with E-state index in [4.69, 9.17) is 5.73 Å². The highest BCUT2D eigenvalue weighted by atomic mass is 32.2. The molecule has 9 heteroatoms.